The van der Waals surface area contributed by atoms with E-state index >= 15 is 0 Å². The minimum absolute atomic E-state index is 0.494. The number of allylic oxidation sites excluding steroid dienone is 5. The summed E-state index contributed by atoms with van der Waals surface area (Å²) in [6.07, 6.45) is 6.05. The Morgan fingerprint density at radius 1 is 1.20 bits per heavy atom. The number of likely N-dealkylation sites (N-methyl/N-ethyl adjacent to an activating group) is 1. The summed E-state index contributed by atoms with van der Waals surface area (Å²) >= 11 is 0. The molecule has 1 heteroatoms. The van der Waals surface area contributed by atoms with Gasteiger partial charge in [-0.05, 0) is 24.5 Å². The van der Waals surface area contributed by atoms with Crippen LogP contribution in [0.3, 0.4) is 0 Å². The third-order valence-corrected chi connectivity index (χ3v) is 2.39. The van der Waals surface area contributed by atoms with E-state index in [0.29, 0.717) is 5.92 Å². The predicted octanol–water partition coefficient (Wildman–Crippen LogP) is 3.78. The Balaban J connectivity index is 4.87. The number of hydrogen-bond donors (Lipinski definition) is 0. The molecule has 0 aromatic carbocycles. The van der Waals surface area contributed by atoms with E-state index in [1.165, 1.54) is 11.3 Å². The van der Waals surface area contributed by atoms with E-state index in [4.69, 9.17) is 0 Å². The molecule has 0 amide bonds. The molecule has 0 heterocycles. The van der Waals surface area contributed by atoms with Gasteiger partial charge in [0.1, 0.15) is 0 Å². The van der Waals surface area contributed by atoms with Crippen LogP contribution in [-0.2, 0) is 0 Å². The standard InChI is InChI=1S/C14H23N/c1-8-12(4)14(15(6)7)10-9-13(5)11(2)3/h8-11H,1,5H2,2-4,6-7H3/b10-9-,14-12-. The van der Waals surface area contributed by atoms with Crippen LogP contribution in [0.5, 0.6) is 0 Å². The summed E-state index contributed by atoms with van der Waals surface area (Å²) in [5.41, 5.74) is 3.49. The lowest BCUT2D eigenvalue weighted by atomic mass is 10.0. The van der Waals surface area contributed by atoms with Gasteiger partial charge < -0.3 is 4.90 Å². The maximum Gasteiger partial charge on any atom is 0.0390 e. The Kier molecular flexibility index (Phi) is 5.76. The van der Waals surface area contributed by atoms with Gasteiger partial charge in [-0.25, -0.2) is 0 Å². The molecule has 84 valence electrons. The van der Waals surface area contributed by atoms with E-state index in [1.54, 1.807) is 0 Å². The van der Waals surface area contributed by atoms with E-state index in [1.807, 2.05) is 20.2 Å². The summed E-state index contributed by atoms with van der Waals surface area (Å²) in [7, 11) is 4.07. The van der Waals surface area contributed by atoms with Gasteiger partial charge >= 0.3 is 0 Å². The normalized spacial score (nSPS) is 12.9. The van der Waals surface area contributed by atoms with Gasteiger partial charge in [-0.15, -0.1) is 0 Å². The maximum absolute atomic E-state index is 4.02. The van der Waals surface area contributed by atoms with Gasteiger partial charge in [0.2, 0.25) is 0 Å². The van der Waals surface area contributed by atoms with E-state index < -0.39 is 0 Å². The first kappa shape index (κ1) is 13.8. The van der Waals surface area contributed by atoms with Gasteiger partial charge in [-0.3, -0.25) is 0 Å². The van der Waals surface area contributed by atoms with E-state index in [-0.39, 0.29) is 0 Å². The topological polar surface area (TPSA) is 3.24 Å². The van der Waals surface area contributed by atoms with Crippen molar-refractivity contribution in [2.75, 3.05) is 14.1 Å². The third-order valence-electron chi connectivity index (χ3n) is 2.39. The molecule has 0 rings (SSSR count). The second-order valence-corrected chi connectivity index (χ2v) is 4.23. The first-order chi connectivity index (χ1) is 6.90. The Morgan fingerprint density at radius 3 is 2.07 bits per heavy atom. The van der Waals surface area contributed by atoms with Crippen LogP contribution in [0.1, 0.15) is 20.8 Å². The zero-order valence-electron chi connectivity index (χ0n) is 10.7. The molecule has 1 nitrogen and oxygen atoms in total. The number of hydrogen-bond acceptors (Lipinski definition) is 1. The second-order valence-electron chi connectivity index (χ2n) is 4.23. The van der Waals surface area contributed by atoms with Gasteiger partial charge in [-0.1, -0.05) is 44.7 Å². The summed E-state index contributed by atoms with van der Waals surface area (Å²) in [4.78, 5) is 2.08. The van der Waals surface area contributed by atoms with Crippen LogP contribution >= 0.6 is 0 Å². The molecule has 15 heavy (non-hydrogen) atoms. The highest BCUT2D eigenvalue weighted by Gasteiger charge is 2.00. The molecular weight excluding hydrogens is 182 g/mol. The first-order valence-electron chi connectivity index (χ1n) is 5.27. The summed E-state index contributed by atoms with van der Waals surface area (Å²) in [6, 6.07) is 0. The highest BCUT2D eigenvalue weighted by molar-refractivity contribution is 5.33. The molecule has 0 radical (unpaired) electrons. The van der Waals surface area contributed by atoms with Gasteiger partial charge in [0.05, 0.1) is 0 Å². The van der Waals surface area contributed by atoms with Crippen LogP contribution in [0.2, 0.25) is 0 Å². The zero-order valence-corrected chi connectivity index (χ0v) is 10.7. The average molecular weight is 205 g/mol. The summed E-state index contributed by atoms with van der Waals surface area (Å²) in [5.74, 6) is 0.494. The second kappa shape index (κ2) is 6.28. The Morgan fingerprint density at radius 2 is 1.73 bits per heavy atom. The third kappa shape index (κ3) is 4.68. The molecule has 0 saturated heterocycles. The molecule has 0 bridgehead atoms. The van der Waals surface area contributed by atoms with Crippen molar-refractivity contribution < 1.29 is 0 Å². The molecule has 0 unspecified atom stereocenters. The fourth-order valence-corrected chi connectivity index (χ4v) is 1.12. The average Bonchev–Trinajstić information content (AvgIpc) is 2.16. The van der Waals surface area contributed by atoms with Gasteiger partial charge in [0.15, 0.2) is 0 Å². The molecule has 0 aromatic heterocycles. The van der Waals surface area contributed by atoms with Crippen molar-refractivity contribution in [2.24, 2.45) is 5.92 Å². The Bertz CT molecular complexity index is 290. The van der Waals surface area contributed by atoms with Crippen LogP contribution in [0.4, 0.5) is 0 Å². The SMILES string of the molecule is C=C/C(C)=C(/C=C\C(=C)C(C)C)N(C)C. The van der Waals surface area contributed by atoms with Crippen LogP contribution in [0.25, 0.3) is 0 Å². The van der Waals surface area contributed by atoms with Gasteiger partial charge in [0, 0.05) is 19.8 Å². The minimum Gasteiger partial charge on any atom is -0.377 e. The number of rotatable bonds is 5. The Hall–Kier alpha value is -1.24. The minimum atomic E-state index is 0.494. The number of nitrogens with zero attached hydrogens (tertiary/aromatic N) is 1. The fourth-order valence-electron chi connectivity index (χ4n) is 1.12. The lowest BCUT2D eigenvalue weighted by molar-refractivity contribution is 0.525. The Labute approximate surface area is 94.5 Å². The lowest BCUT2D eigenvalue weighted by Gasteiger charge is -2.16. The highest BCUT2D eigenvalue weighted by Crippen LogP contribution is 2.13. The molecule has 0 saturated carbocycles. The quantitative estimate of drug-likeness (QED) is 0.617. The van der Waals surface area contributed by atoms with Crippen LogP contribution < -0.4 is 0 Å². The summed E-state index contributed by atoms with van der Waals surface area (Å²) < 4.78 is 0. The summed E-state index contributed by atoms with van der Waals surface area (Å²) in [5, 5.41) is 0. The first-order valence-corrected chi connectivity index (χ1v) is 5.27. The molecule has 0 spiro atoms. The van der Waals surface area contributed by atoms with Gasteiger partial charge in [0.25, 0.3) is 0 Å². The molecule has 0 N–H and O–H groups in total. The molecule has 0 aliphatic heterocycles. The smallest absolute Gasteiger partial charge is 0.0390 e. The van der Waals surface area contributed by atoms with Crippen molar-refractivity contribution in [3.8, 4) is 0 Å². The van der Waals surface area contributed by atoms with E-state index in [9.17, 15) is 0 Å². The van der Waals surface area contributed by atoms with Crippen molar-refractivity contribution in [1.82, 2.24) is 4.90 Å². The fraction of sp³-hybridized carbons (Fsp3) is 0.429. The lowest BCUT2D eigenvalue weighted by Crippen LogP contribution is -2.10. The van der Waals surface area contributed by atoms with Crippen LogP contribution in [0.15, 0.2) is 48.2 Å². The molecule has 0 aliphatic carbocycles. The van der Waals surface area contributed by atoms with E-state index in [0.717, 1.165) is 5.57 Å². The molecular formula is C14H23N. The van der Waals surface area contributed by atoms with E-state index in [2.05, 4.69) is 51.0 Å². The summed E-state index contributed by atoms with van der Waals surface area (Å²) in [6.45, 7) is 14.2. The van der Waals surface area contributed by atoms with Crippen LogP contribution in [0, 0.1) is 5.92 Å². The largest absolute Gasteiger partial charge is 0.377 e. The van der Waals surface area contributed by atoms with Crippen molar-refractivity contribution in [3.63, 3.8) is 0 Å². The molecule has 0 fully saturated rings. The van der Waals surface area contributed by atoms with Crippen molar-refractivity contribution >= 4 is 0 Å². The van der Waals surface area contributed by atoms with Crippen LogP contribution in [-0.4, -0.2) is 19.0 Å². The van der Waals surface area contributed by atoms with Crippen molar-refractivity contribution in [2.45, 2.75) is 20.8 Å². The predicted molar refractivity (Wildman–Crippen MR) is 69.7 cm³/mol. The monoisotopic (exact) mass is 205 g/mol. The van der Waals surface area contributed by atoms with Crippen molar-refractivity contribution in [1.29, 1.82) is 0 Å². The zero-order chi connectivity index (χ0) is 12.0. The maximum atomic E-state index is 4.02. The van der Waals surface area contributed by atoms with Gasteiger partial charge in [-0.2, -0.15) is 0 Å². The molecule has 0 aliphatic rings. The molecule has 0 aromatic rings. The molecule has 0 atom stereocenters. The highest BCUT2D eigenvalue weighted by atomic mass is 15.1. The van der Waals surface area contributed by atoms with Crippen molar-refractivity contribution in [3.05, 3.63) is 48.2 Å².